The van der Waals surface area contributed by atoms with Crippen LogP contribution in [0.4, 0.5) is 0 Å². The molecule has 0 unspecified atom stereocenters. The fourth-order valence-electron chi connectivity index (χ4n) is 5.19. The van der Waals surface area contributed by atoms with E-state index in [-0.39, 0.29) is 31.3 Å². The molecule has 2 atom stereocenters. The summed E-state index contributed by atoms with van der Waals surface area (Å²) in [5, 5.41) is 3.37. The summed E-state index contributed by atoms with van der Waals surface area (Å²) in [7, 11) is 6.30. The van der Waals surface area contributed by atoms with Crippen molar-refractivity contribution in [3.8, 4) is 17.2 Å². The van der Waals surface area contributed by atoms with Gasteiger partial charge < -0.3 is 29.0 Å². The number of methoxy groups -OCH3 is 4. The van der Waals surface area contributed by atoms with Crippen molar-refractivity contribution in [3.63, 3.8) is 0 Å². The predicted octanol–water partition coefficient (Wildman–Crippen LogP) is 5.03. The summed E-state index contributed by atoms with van der Waals surface area (Å²) >= 11 is 3.54. The predicted molar refractivity (Wildman–Crippen MR) is 146 cm³/mol. The van der Waals surface area contributed by atoms with Crippen LogP contribution in [0.25, 0.3) is 0 Å². The van der Waals surface area contributed by atoms with Crippen LogP contribution in [0.15, 0.2) is 63.4 Å². The molecule has 38 heavy (non-hydrogen) atoms. The van der Waals surface area contributed by atoms with E-state index >= 15 is 0 Å². The molecule has 0 saturated carbocycles. The van der Waals surface area contributed by atoms with Crippen molar-refractivity contribution >= 4 is 27.7 Å². The van der Waals surface area contributed by atoms with Gasteiger partial charge >= 0.3 is 5.97 Å². The van der Waals surface area contributed by atoms with Crippen molar-refractivity contribution < 1.29 is 33.3 Å². The Kier molecular flexibility index (Phi) is 8.79. The molecule has 1 aliphatic carbocycles. The lowest BCUT2D eigenvalue weighted by molar-refractivity contribution is -0.140. The normalized spacial score (nSPS) is 19.1. The standard InChI is InChI=1S/C29H32BrNO7/c1-16-26(29(33)38-11-10-34-2)27(20-15-19(30)7-9-23(20)35-3)28-21(31-16)12-18(13-22(28)32)17-6-8-24(36-4)25(14-17)37-5/h6-9,14-15,18,27,31H,10-13H2,1-5H3/t18-,27-/m1/s1. The van der Waals surface area contributed by atoms with E-state index in [1.54, 1.807) is 28.4 Å². The third-order valence-corrected chi connectivity index (χ3v) is 7.44. The molecule has 0 aromatic heterocycles. The summed E-state index contributed by atoms with van der Waals surface area (Å²) in [6.07, 6.45) is 0.876. The van der Waals surface area contributed by atoms with E-state index in [1.165, 1.54) is 0 Å². The van der Waals surface area contributed by atoms with Crippen LogP contribution < -0.4 is 19.5 Å². The largest absolute Gasteiger partial charge is 0.496 e. The Balaban J connectivity index is 1.79. The summed E-state index contributed by atoms with van der Waals surface area (Å²) in [5.41, 5.74) is 4.06. The van der Waals surface area contributed by atoms with Crippen LogP contribution in [0.2, 0.25) is 0 Å². The number of benzene rings is 2. The lowest BCUT2D eigenvalue weighted by atomic mass is 9.71. The quantitative estimate of drug-likeness (QED) is 0.324. The topological polar surface area (TPSA) is 92.3 Å². The van der Waals surface area contributed by atoms with Crippen molar-refractivity contribution in [1.82, 2.24) is 5.32 Å². The second-order valence-corrected chi connectivity index (χ2v) is 10.1. The van der Waals surface area contributed by atoms with Gasteiger partial charge in [-0.25, -0.2) is 4.79 Å². The maximum Gasteiger partial charge on any atom is 0.336 e. The van der Waals surface area contributed by atoms with Crippen LogP contribution in [-0.2, 0) is 19.1 Å². The molecule has 0 spiro atoms. The lowest BCUT2D eigenvalue weighted by Crippen LogP contribution is -2.36. The molecule has 2 aliphatic rings. The number of nitrogens with one attached hydrogen (secondary N) is 1. The van der Waals surface area contributed by atoms with Crippen molar-refractivity contribution in [3.05, 3.63) is 74.5 Å². The molecule has 1 N–H and O–H groups in total. The molecular weight excluding hydrogens is 554 g/mol. The third kappa shape index (κ3) is 5.44. The first-order chi connectivity index (χ1) is 18.3. The maximum absolute atomic E-state index is 13.9. The van der Waals surface area contributed by atoms with Crippen molar-refractivity contribution in [2.45, 2.75) is 31.6 Å². The smallest absolute Gasteiger partial charge is 0.336 e. The first-order valence-electron chi connectivity index (χ1n) is 12.3. The van der Waals surface area contributed by atoms with Crippen molar-refractivity contribution in [1.29, 1.82) is 0 Å². The average Bonchev–Trinajstić information content (AvgIpc) is 2.91. The van der Waals surface area contributed by atoms with Gasteiger partial charge in [-0.05, 0) is 55.2 Å². The first kappa shape index (κ1) is 27.7. The second-order valence-electron chi connectivity index (χ2n) is 9.15. The van der Waals surface area contributed by atoms with Gasteiger partial charge in [0.15, 0.2) is 17.3 Å². The third-order valence-electron chi connectivity index (χ3n) is 6.95. The minimum atomic E-state index is -0.646. The monoisotopic (exact) mass is 585 g/mol. The van der Waals surface area contributed by atoms with Gasteiger partial charge in [-0.15, -0.1) is 0 Å². The first-order valence-corrected chi connectivity index (χ1v) is 13.1. The highest BCUT2D eigenvalue weighted by Gasteiger charge is 2.42. The van der Waals surface area contributed by atoms with Gasteiger partial charge in [-0.1, -0.05) is 22.0 Å². The van der Waals surface area contributed by atoms with Gasteiger partial charge in [0.25, 0.3) is 0 Å². The SMILES string of the molecule is COCCOC(=O)C1=C(C)NC2=C(C(=O)C[C@H](c3ccc(OC)c(OC)c3)C2)[C@@H]1c1cc(Br)ccc1OC. The van der Waals surface area contributed by atoms with Crippen LogP contribution >= 0.6 is 15.9 Å². The number of carbonyl (C=O) groups is 2. The molecule has 0 fully saturated rings. The molecule has 2 aromatic rings. The number of hydrogen-bond acceptors (Lipinski definition) is 8. The number of carbonyl (C=O) groups excluding carboxylic acids is 2. The van der Waals surface area contributed by atoms with Crippen molar-refractivity contribution in [2.75, 3.05) is 41.7 Å². The van der Waals surface area contributed by atoms with Crippen LogP contribution in [-0.4, -0.2) is 53.4 Å². The number of halogens is 1. The minimum absolute atomic E-state index is 0.0414. The van der Waals surface area contributed by atoms with Crippen molar-refractivity contribution in [2.24, 2.45) is 0 Å². The van der Waals surface area contributed by atoms with Gasteiger partial charge in [0.05, 0.1) is 39.4 Å². The van der Waals surface area contributed by atoms with Gasteiger partial charge in [0.1, 0.15) is 12.4 Å². The second kappa shape index (κ2) is 12.0. The van der Waals surface area contributed by atoms with Crippen LogP contribution in [0.3, 0.4) is 0 Å². The number of rotatable bonds is 9. The van der Waals surface area contributed by atoms with E-state index in [0.29, 0.717) is 46.1 Å². The van der Waals surface area contributed by atoms with Crippen LogP contribution in [0.1, 0.15) is 42.7 Å². The van der Waals surface area contributed by atoms with Gasteiger partial charge in [-0.3, -0.25) is 4.79 Å². The summed E-state index contributed by atoms with van der Waals surface area (Å²) in [4.78, 5) is 27.3. The summed E-state index contributed by atoms with van der Waals surface area (Å²) in [6, 6.07) is 11.3. The van der Waals surface area contributed by atoms with E-state index in [1.807, 2.05) is 43.3 Å². The molecule has 0 amide bonds. The molecule has 0 bridgehead atoms. The Morgan fingerprint density at radius 2 is 1.66 bits per heavy atom. The zero-order chi connectivity index (χ0) is 27.4. The lowest BCUT2D eigenvalue weighted by Gasteiger charge is -2.37. The van der Waals surface area contributed by atoms with Gasteiger partial charge in [0, 0.05) is 40.5 Å². The highest BCUT2D eigenvalue weighted by Crippen LogP contribution is 2.48. The Morgan fingerprint density at radius 3 is 2.34 bits per heavy atom. The van der Waals surface area contributed by atoms with Crippen LogP contribution in [0.5, 0.6) is 17.2 Å². The Labute approximate surface area is 231 Å². The fraction of sp³-hybridized carbons (Fsp3) is 0.379. The molecule has 9 heteroatoms. The molecular formula is C29H32BrNO7. The van der Waals surface area contributed by atoms with Crippen LogP contribution in [0, 0.1) is 0 Å². The Hall–Kier alpha value is -3.30. The highest BCUT2D eigenvalue weighted by atomic mass is 79.9. The summed E-state index contributed by atoms with van der Waals surface area (Å²) < 4.78 is 27.9. The Bertz CT molecular complexity index is 1300. The summed E-state index contributed by atoms with van der Waals surface area (Å²) in [5.74, 6) is 0.570. The molecule has 1 aliphatic heterocycles. The van der Waals surface area contributed by atoms with E-state index < -0.39 is 11.9 Å². The molecule has 202 valence electrons. The molecule has 0 radical (unpaired) electrons. The molecule has 1 heterocycles. The number of Topliss-reactive ketones (excluding diaryl/α,β-unsaturated/α-hetero) is 1. The molecule has 0 saturated heterocycles. The number of esters is 1. The number of ether oxygens (including phenoxy) is 5. The molecule has 4 rings (SSSR count). The zero-order valence-corrected chi connectivity index (χ0v) is 23.8. The fourth-order valence-corrected chi connectivity index (χ4v) is 5.57. The van der Waals surface area contributed by atoms with E-state index in [0.717, 1.165) is 15.7 Å². The minimum Gasteiger partial charge on any atom is -0.496 e. The zero-order valence-electron chi connectivity index (χ0n) is 22.2. The number of hydrogen-bond donors (Lipinski definition) is 1. The number of ketones is 1. The number of allylic oxidation sites excluding steroid dienone is 3. The highest BCUT2D eigenvalue weighted by molar-refractivity contribution is 9.10. The van der Waals surface area contributed by atoms with E-state index in [4.69, 9.17) is 23.7 Å². The number of dihydropyridines is 1. The van der Waals surface area contributed by atoms with Gasteiger partial charge in [-0.2, -0.15) is 0 Å². The summed E-state index contributed by atoms with van der Waals surface area (Å²) in [6.45, 7) is 2.21. The maximum atomic E-state index is 13.9. The Morgan fingerprint density at radius 1 is 0.947 bits per heavy atom. The molecule has 2 aromatic carbocycles. The molecule has 8 nitrogen and oxygen atoms in total. The van der Waals surface area contributed by atoms with E-state index in [9.17, 15) is 9.59 Å². The van der Waals surface area contributed by atoms with E-state index in [2.05, 4.69) is 21.2 Å². The average molecular weight is 586 g/mol. The van der Waals surface area contributed by atoms with Gasteiger partial charge in [0.2, 0.25) is 0 Å².